The molecule has 0 aliphatic carbocycles. The number of hydrogen-bond donors (Lipinski definition) is 1. The molecule has 0 spiro atoms. The van der Waals surface area contributed by atoms with Crippen LogP contribution in [0, 0.1) is 11.8 Å². The monoisotopic (exact) mass is 414 g/mol. The molecule has 4 aromatic rings. The number of furan rings is 1. The Balaban J connectivity index is 1.58. The average molecular weight is 415 g/mol. The van der Waals surface area contributed by atoms with Crippen molar-refractivity contribution >= 4 is 27.6 Å². The summed E-state index contributed by atoms with van der Waals surface area (Å²) in [5.41, 5.74) is 0. The van der Waals surface area contributed by atoms with Crippen LogP contribution in [0.15, 0.2) is 40.3 Å². The van der Waals surface area contributed by atoms with E-state index in [4.69, 9.17) is 4.42 Å². The Bertz CT molecular complexity index is 1060. The third-order valence-corrected chi connectivity index (χ3v) is 7.26. The summed E-state index contributed by atoms with van der Waals surface area (Å²) >= 11 is 3.24. The Labute approximate surface area is 171 Å². The number of likely N-dealkylation sites (tertiary alicyclic amines) is 1. The molecule has 6 nitrogen and oxygen atoms in total. The molecule has 1 aliphatic heterocycles. The van der Waals surface area contributed by atoms with Gasteiger partial charge in [0, 0.05) is 18.0 Å². The van der Waals surface area contributed by atoms with Crippen LogP contribution >= 0.6 is 22.7 Å². The van der Waals surface area contributed by atoms with Gasteiger partial charge in [0.25, 0.3) is 0 Å². The van der Waals surface area contributed by atoms with Crippen LogP contribution in [0.1, 0.15) is 36.1 Å². The second kappa shape index (κ2) is 7.02. The molecular weight excluding hydrogens is 392 g/mol. The lowest BCUT2D eigenvalue weighted by molar-refractivity contribution is 0.113. The van der Waals surface area contributed by atoms with Crippen LogP contribution in [0.5, 0.6) is 5.88 Å². The first-order chi connectivity index (χ1) is 13.6. The molecular formula is C20H22N4O2S2. The number of fused-ring (bicyclic) bond motifs is 1. The van der Waals surface area contributed by atoms with Crippen LogP contribution in [-0.2, 0) is 0 Å². The van der Waals surface area contributed by atoms with E-state index in [9.17, 15) is 5.11 Å². The summed E-state index contributed by atoms with van der Waals surface area (Å²) in [6.45, 7) is 6.67. The van der Waals surface area contributed by atoms with Gasteiger partial charge in [0.15, 0.2) is 5.76 Å². The zero-order valence-corrected chi connectivity index (χ0v) is 17.4. The van der Waals surface area contributed by atoms with Crippen molar-refractivity contribution in [3.63, 3.8) is 0 Å². The summed E-state index contributed by atoms with van der Waals surface area (Å²) in [5.74, 6) is 2.55. The molecule has 1 fully saturated rings. The molecule has 0 aromatic carbocycles. The van der Waals surface area contributed by atoms with Gasteiger partial charge in [-0.15, -0.1) is 16.4 Å². The maximum atomic E-state index is 11.1. The van der Waals surface area contributed by atoms with Crippen LogP contribution in [0.3, 0.4) is 0 Å². The van der Waals surface area contributed by atoms with E-state index in [1.807, 2.05) is 6.07 Å². The van der Waals surface area contributed by atoms with E-state index < -0.39 is 0 Å². The summed E-state index contributed by atoms with van der Waals surface area (Å²) in [5, 5.41) is 17.6. The quantitative estimate of drug-likeness (QED) is 0.515. The standard InChI is InChI=1S/C20H22N4O2S2/c1-12-9-13(2)11-23(10-12)16(15-6-4-8-27-15)17-19(25)24-20(28-17)21-18(22-24)14-5-3-7-26-14/h3-8,12-13,16,25H,9-11H2,1-2H3/t12-,13+,16-/m0/s1. The lowest BCUT2D eigenvalue weighted by Crippen LogP contribution is -2.41. The van der Waals surface area contributed by atoms with Gasteiger partial charge in [0.05, 0.1) is 17.2 Å². The van der Waals surface area contributed by atoms with Crippen molar-refractivity contribution in [1.82, 2.24) is 19.5 Å². The van der Waals surface area contributed by atoms with Gasteiger partial charge < -0.3 is 9.52 Å². The fraction of sp³-hybridized carbons (Fsp3) is 0.400. The molecule has 3 atom stereocenters. The van der Waals surface area contributed by atoms with E-state index in [2.05, 4.69) is 46.3 Å². The molecule has 0 radical (unpaired) electrons. The summed E-state index contributed by atoms with van der Waals surface area (Å²) < 4.78 is 6.93. The number of nitrogens with zero attached hydrogens (tertiary/aromatic N) is 4. The second-order valence-corrected chi connectivity index (χ2v) is 9.70. The molecule has 8 heteroatoms. The zero-order valence-electron chi connectivity index (χ0n) is 15.8. The van der Waals surface area contributed by atoms with E-state index >= 15 is 0 Å². The predicted molar refractivity (Wildman–Crippen MR) is 111 cm³/mol. The minimum Gasteiger partial charge on any atom is -0.492 e. The number of aromatic hydroxyl groups is 1. The zero-order chi connectivity index (χ0) is 19.3. The Hall–Kier alpha value is -2.16. The molecule has 5 rings (SSSR count). The molecule has 4 aromatic heterocycles. The minimum absolute atomic E-state index is 0.0331. The van der Waals surface area contributed by atoms with Crippen molar-refractivity contribution in [3.05, 3.63) is 45.7 Å². The van der Waals surface area contributed by atoms with Gasteiger partial charge in [-0.25, -0.2) is 0 Å². The number of rotatable bonds is 4. The smallest absolute Gasteiger partial charge is 0.230 e. The normalized spacial score (nSPS) is 22.1. The first kappa shape index (κ1) is 17.9. The maximum Gasteiger partial charge on any atom is 0.230 e. The maximum absolute atomic E-state index is 11.1. The molecule has 146 valence electrons. The van der Waals surface area contributed by atoms with Crippen molar-refractivity contribution in [3.8, 4) is 17.5 Å². The number of aromatic nitrogens is 3. The molecule has 1 aliphatic rings. The van der Waals surface area contributed by atoms with E-state index in [-0.39, 0.29) is 11.9 Å². The van der Waals surface area contributed by atoms with Gasteiger partial charge in [-0.05, 0) is 41.8 Å². The topological polar surface area (TPSA) is 66.8 Å². The summed E-state index contributed by atoms with van der Waals surface area (Å²) in [4.78, 5) is 9.91. The highest BCUT2D eigenvalue weighted by atomic mass is 32.1. The molecule has 0 bridgehead atoms. The molecule has 0 amide bonds. The molecule has 1 N–H and O–H groups in total. The van der Waals surface area contributed by atoms with Crippen LogP contribution in [-0.4, -0.2) is 37.7 Å². The van der Waals surface area contributed by atoms with Gasteiger partial charge in [-0.1, -0.05) is 31.3 Å². The highest BCUT2D eigenvalue weighted by Crippen LogP contribution is 2.43. The van der Waals surface area contributed by atoms with Crippen LogP contribution in [0.2, 0.25) is 0 Å². The molecule has 5 heterocycles. The molecule has 1 saturated heterocycles. The lowest BCUT2D eigenvalue weighted by atomic mass is 9.90. The minimum atomic E-state index is 0.0331. The van der Waals surface area contributed by atoms with Gasteiger partial charge >= 0.3 is 0 Å². The van der Waals surface area contributed by atoms with Crippen molar-refractivity contribution in [2.45, 2.75) is 26.3 Å². The average Bonchev–Trinajstić information content (AvgIpc) is 3.41. The number of thiophene rings is 1. The molecule has 0 unspecified atom stereocenters. The Morgan fingerprint density at radius 2 is 2.04 bits per heavy atom. The Kier molecular flexibility index (Phi) is 4.49. The Morgan fingerprint density at radius 3 is 2.68 bits per heavy atom. The largest absolute Gasteiger partial charge is 0.492 e. The summed E-state index contributed by atoms with van der Waals surface area (Å²) in [7, 11) is 0. The highest BCUT2D eigenvalue weighted by molar-refractivity contribution is 7.17. The Morgan fingerprint density at radius 1 is 1.21 bits per heavy atom. The number of thiazole rings is 1. The fourth-order valence-electron chi connectivity index (χ4n) is 4.28. The number of hydrogen-bond acceptors (Lipinski definition) is 7. The highest BCUT2D eigenvalue weighted by Gasteiger charge is 2.34. The van der Waals surface area contributed by atoms with Crippen LogP contribution in [0.4, 0.5) is 0 Å². The summed E-state index contributed by atoms with van der Waals surface area (Å²) in [6.07, 6.45) is 2.85. The van der Waals surface area contributed by atoms with Gasteiger partial charge in [0.1, 0.15) is 0 Å². The van der Waals surface area contributed by atoms with Crippen molar-refractivity contribution in [2.24, 2.45) is 11.8 Å². The first-order valence-electron chi connectivity index (χ1n) is 9.50. The van der Waals surface area contributed by atoms with E-state index in [0.29, 0.717) is 28.4 Å². The van der Waals surface area contributed by atoms with Gasteiger partial charge in [-0.3, -0.25) is 4.90 Å². The first-order valence-corrected chi connectivity index (χ1v) is 11.2. The van der Waals surface area contributed by atoms with Gasteiger partial charge in [-0.2, -0.15) is 9.50 Å². The van der Waals surface area contributed by atoms with Crippen LogP contribution in [0.25, 0.3) is 16.5 Å². The molecule has 28 heavy (non-hydrogen) atoms. The van der Waals surface area contributed by atoms with Crippen molar-refractivity contribution < 1.29 is 9.52 Å². The predicted octanol–water partition coefficient (Wildman–Crippen LogP) is 4.89. The van der Waals surface area contributed by atoms with Crippen molar-refractivity contribution in [2.75, 3.05) is 13.1 Å². The molecule has 0 saturated carbocycles. The lowest BCUT2D eigenvalue weighted by Gasteiger charge is -2.39. The fourth-order valence-corrected chi connectivity index (χ4v) is 6.33. The van der Waals surface area contributed by atoms with Crippen LogP contribution < -0.4 is 0 Å². The second-order valence-electron chi connectivity index (χ2n) is 7.71. The SMILES string of the molecule is C[C@@H]1C[C@H](C)CN([C@@H](c2cccs2)c2sc3nc(-c4ccco4)nn3c2O)C1. The third kappa shape index (κ3) is 3.05. The summed E-state index contributed by atoms with van der Waals surface area (Å²) in [6, 6.07) is 7.89. The van der Waals surface area contributed by atoms with E-state index in [1.165, 1.54) is 27.2 Å². The third-order valence-electron chi connectivity index (χ3n) is 5.26. The van der Waals surface area contributed by atoms with Gasteiger partial charge in [0.2, 0.25) is 16.7 Å². The van der Waals surface area contributed by atoms with Crippen molar-refractivity contribution in [1.29, 1.82) is 0 Å². The van der Waals surface area contributed by atoms with E-state index in [0.717, 1.165) is 18.0 Å². The van der Waals surface area contributed by atoms with E-state index in [1.54, 1.807) is 23.7 Å². The number of piperidine rings is 1.